The summed E-state index contributed by atoms with van der Waals surface area (Å²) >= 11 is 0. The summed E-state index contributed by atoms with van der Waals surface area (Å²) in [6.45, 7) is 3.29. The Balaban J connectivity index is 1.39. The molecule has 0 spiro atoms. The summed E-state index contributed by atoms with van der Waals surface area (Å²) in [4.78, 5) is 15.0. The molecule has 0 aliphatic carbocycles. The Hall–Kier alpha value is -2.84. The molecular formula is C21H21N3O2. The van der Waals surface area contributed by atoms with Gasteiger partial charge >= 0.3 is 0 Å². The van der Waals surface area contributed by atoms with Gasteiger partial charge in [-0.15, -0.1) is 0 Å². The monoisotopic (exact) mass is 347 g/mol. The number of hydrogen-bond donors (Lipinski definition) is 1. The number of rotatable bonds is 4. The number of nitrogens with zero attached hydrogens (tertiary/aromatic N) is 2. The Morgan fingerprint density at radius 1 is 1.12 bits per heavy atom. The van der Waals surface area contributed by atoms with Crippen LogP contribution in [0.5, 0.6) is 11.5 Å². The molecule has 3 heterocycles. The maximum Gasteiger partial charge on any atom is 0.251 e. The number of benzene rings is 2. The zero-order valence-corrected chi connectivity index (χ0v) is 14.5. The van der Waals surface area contributed by atoms with E-state index in [0.717, 1.165) is 19.6 Å². The number of carbonyl (C=O) groups excluding carboxylic acids is 1. The van der Waals surface area contributed by atoms with E-state index in [-0.39, 0.29) is 11.9 Å². The minimum absolute atomic E-state index is 0.0261. The van der Waals surface area contributed by atoms with Crippen LogP contribution in [0, 0.1) is 17.2 Å². The molecule has 3 saturated heterocycles. The fourth-order valence-electron chi connectivity index (χ4n) is 3.82. The van der Waals surface area contributed by atoms with Gasteiger partial charge in [0.1, 0.15) is 11.5 Å². The Labute approximate surface area is 153 Å². The molecule has 1 atom stereocenters. The van der Waals surface area contributed by atoms with Crippen molar-refractivity contribution in [3.8, 4) is 17.6 Å². The van der Waals surface area contributed by atoms with Crippen LogP contribution in [0.25, 0.3) is 0 Å². The minimum Gasteiger partial charge on any atom is -0.457 e. The molecule has 26 heavy (non-hydrogen) atoms. The highest BCUT2D eigenvalue weighted by atomic mass is 16.5. The van der Waals surface area contributed by atoms with Crippen molar-refractivity contribution in [2.24, 2.45) is 5.92 Å². The van der Waals surface area contributed by atoms with Crippen LogP contribution in [0.4, 0.5) is 0 Å². The van der Waals surface area contributed by atoms with Crippen LogP contribution >= 0.6 is 0 Å². The molecule has 132 valence electrons. The lowest BCUT2D eigenvalue weighted by Gasteiger charge is -2.44. The fraction of sp³-hybridized carbons (Fsp3) is 0.333. The first-order chi connectivity index (χ1) is 12.7. The second-order valence-corrected chi connectivity index (χ2v) is 6.98. The Morgan fingerprint density at radius 3 is 2.54 bits per heavy atom. The van der Waals surface area contributed by atoms with Gasteiger partial charge in [0.2, 0.25) is 0 Å². The average molecular weight is 347 g/mol. The molecule has 3 fully saturated rings. The van der Waals surface area contributed by atoms with Crippen molar-refractivity contribution < 1.29 is 9.53 Å². The van der Waals surface area contributed by atoms with Crippen molar-refractivity contribution in [2.75, 3.05) is 19.6 Å². The maximum absolute atomic E-state index is 12.5. The fourth-order valence-corrected chi connectivity index (χ4v) is 3.82. The van der Waals surface area contributed by atoms with Gasteiger partial charge in [-0.1, -0.05) is 6.07 Å². The molecule has 3 aliphatic rings. The van der Waals surface area contributed by atoms with Crippen LogP contribution in [0.3, 0.4) is 0 Å². The molecule has 2 bridgehead atoms. The van der Waals surface area contributed by atoms with Crippen molar-refractivity contribution in [3.63, 3.8) is 0 Å². The minimum atomic E-state index is -0.0261. The lowest BCUT2D eigenvalue weighted by molar-refractivity contribution is 0.0620. The molecule has 5 rings (SSSR count). The van der Waals surface area contributed by atoms with Crippen LogP contribution in [-0.4, -0.2) is 36.5 Å². The Bertz CT molecular complexity index is 833. The third-order valence-electron chi connectivity index (χ3n) is 5.29. The molecule has 0 saturated carbocycles. The van der Waals surface area contributed by atoms with Crippen molar-refractivity contribution in [1.29, 1.82) is 5.26 Å². The molecule has 3 aliphatic heterocycles. The van der Waals surface area contributed by atoms with E-state index in [1.165, 1.54) is 12.8 Å². The van der Waals surface area contributed by atoms with Gasteiger partial charge < -0.3 is 15.0 Å². The first kappa shape index (κ1) is 16.6. The van der Waals surface area contributed by atoms with E-state index < -0.39 is 0 Å². The van der Waals surface area contributed by atoms with Gasteiger partial charge in [0.05, 0.1) is 11.6 Å². The number of hydrogen-bond acceptors (Lipinski definition) is 4. The Kier molecular flexibility index (Phi) is 4.59. The van der Waals surface area contributed by atoms with Gasteiger partial charge in [0.15, 0.2) is 0 Å². The van der Waals surface area contributed by atoms with E-state index in [9.17, 15) is 4.79 Å². The number of carbonyl (C=O) groups is 1. The van der Waals surface area contributed by atoms with Crippen LogP contribution in [0.1, 0.15) is 28.8 Å². The number of nitrogens with one attached hydrogen (secondary N) is 1. The highest BCUT2D eigenvalue weighted by Gasteiger charge is 2.34. The second kappa shape index (κ2) is 7.19. The predicted octanol–water partition coefficient (Wildman–Crippen LogP) is 3.17. The smallest absolute Gasteiger partial charge is 0.251 e. The van der Waals surface area contributed by atoms with E-state index in [4.69, 9.17) is 10.00 Å². The average Bonchev–Trinajstić information content (AvgIpc) is 2.69. The molecule has 5 nitrogen and oxygen atoms in total. The summed E-state index contributed by atoms with van der Waals surface area (Å²) in [7, 11) is 0. The maximum atomic E-state index is 12.5. The van der Waals surface area contributed by atoms with Gasteiger partial charge in [-0.25, -0.2) is 0 Å². The number of amides is 1. The molecule has 0 aromatic heterocycles. The molecule has 5 heteroatoms. The van der Waals surface area contributed by atoms with Crippen LogP contribution in [0.2, 0.25) is 0 Å². The van der Waals surface area contributed by atoms with E-state index in [2.05, 4.69) is 16.3 Å². The molecular weight excluding hydrogens is 326 g/mol. The van der Waals surface area contributed by atoms with Gasteiger partial charge in [0.25, 0.3) is 5.91 Å². The highest BCUT2D eigenvalue weighted by Crippen LogP contribution is 2.28. The zero-order valence-electron chi connectivity index (χ0n) is 14.5. The summed E-state index contributed by atoms with van der Waals surface area (Å²) < 4.78 is 5.76. The quantitative estimate of drug-likeness (QED) is 0.922. The SMILES string of the molecule is N#Cc1cccc(Oc2ccc(C(=O)NC3CN4CCC3CC4)cc2)c1. The van der Waals surface area contributed by atoms with Gasteiger partial charge in [-0.05, 0) is 74.3 Å². The third kappa shape index (κ3) is 3.56. The van der Waals surface area contributed by atoms with Crippen molar-refractivity contribution >= 4 is 5.91 Å². The predicted molar refractivity (Wildman–Crippen MR) is 98.1 cm³/mol. The molecule has 1 amide bonds. The van der Waals surface area contributed by atoms with E-state index in [1.54, 1.807) is 48.5 Å². The standard InChI is InChI=1S/C21H21N3O2/c22-13-15-2-1-3-19(12-15)26-18-6-4-17(5-7-18)21(25)23-20-14-24-10-8-16(20)9-11-24/h1-7,12,16,20H,8-11,14H2,(H,23,25). The van der Waals surface area contributed by atoms with E-state index in [0.29, 0.717) is 28.5 Å². The lowest BCUT2D eigenvalue weighted by Crippen LogP contribution is -2.57. The van der Waals surface area contributed by atoms with Gasteiger partial charge in [-0.3, -0.25) is 4.79 Å². The summed E-state index contributed by atoms with van der Waals surface area (Å²) in [6, 6.07) is 16.5. The Morgan fingerprint density at radius 2 is 1.88 bits per heavy atom. The topological polar surface area (TPSA) is 65.4 Å². The lowest BCUT2D eigenvalue weighted by atomic mass is 9.84. The van der Waals surface area contributed by atoms with Crippen LogP contribution in [0.15, 0.2) is 48.5 Å². The first-order valence-electron chi connectivity index (χ1n) is 9.02. The van der Waals surface area contributed by atoms with Crippen molar-refractivity contribution in [1.82, 2.24) is 10.2 Å². The molecule has 1 N–H and O–H groups in total. The van der Waals surface area contributed by atoms with E-state index >= 15 is 0 Å². The molecule has 0 radical (unpaired) electrons. The normalized spacial score (nSPS) is 23.9. The summed E-state index contributed by atoms with van der Waals surface area (Å²) in [5, 5.41) is 12.1. The van der Waals surface area contributed by atoms with Gasteiger partial charge in [0, 0.05) is 18.2 Å². The second-order valence-electron chi connectivity index (χ2n) is 6.98. The number of nitriles is 1. The number of fused-ring (bicyclic) bond motifs is 3. The van der Waals surface area contributed by atoms with Crippen LogP contribution < -0.4 is 10.1 Å². The molecule has 2 aromatic carbocycles. The summed E-state index contributed by atoms with van der Waals surface area (Å²) in [6.07, 6.45) is 2.36. The summed E-state index contributed by atoms with van der Waals surface area (Å²) in [5.41, 5.74) is 1.19. The van der Waals surface area contributed by atoms with Gasteiger partial charge in [-0.2, -0.15) is 5.26 Å². The number of piperidine rings is 3. The number of ether oxygens (including phenoxy) is 1. The van der Waals surface area contributed by atoms with E-state index in [1.807, 2.05) is 0 Å². The molecule has 1 unspecified atom stereocenters. The summed E-state index contributed by atoms with van der Waals surface area (Å²) in [5.74, 6) is 1.83. The van der Waals surface area contributed by atoms with Crippen molar-refractivity contribution in [3.05, 3.63) is 59.7 Å². The van der Waals surface area contributed by atoms with Crippen molar-refractivity contribution in [2.45, 2.75) is 18.9 Å². The highest BCUT2D eigenvalue weighted by molar-refractivity contribution is 5.94. The first-order valence-corrected chi connectivity index (χ1v) is 9.02. The third-order valence-corrected chi connectivity index (χ3v) is 5.29. The molecule has 2 aromatic rings. The van der Waals surface area contributed by atoms with Crippen LogP contribution in [-0.2, 0) is 0 Å². The largest absolute Gasteiger partial charge is 0.457 e. The zero-order chi connectivity index (χ0) is 17.9.